The molecule has 5 heteroatoms. The Hall–Kier alpha value is -2.14. The zero-order chi connectivity index (χ0) is 14.3. The van der Waals surface area contributed by atoms with Gasteiger partial charge in [-0.15, -0.1) is 0 Å². The van der Waals surface area contributed by atoms with Gasteiger partial charge in [0.2, 0.25) is 0 Å². The number of cyclic esters (lactones) is 1. The predicted molar refractivity (Wildman–Crippen MR) is 72.2 cm³/mol. The maximum absolute atomic E-state index is 12.1. The van der Waals surface area contributed by atoms with E-state index in [1.54, 1.807) is 18.6 Å². The molecule has 2 aromatic rings. The van der Waals surface area contributed by atoms with Crippen molar-refractivity contribution in [2.24, 2.45) is 0 Å². The number of esters is 1. The predicted octanol–water partition coefficient (Wildman–Crippen LogP) is 1.91. The standard InChI is InChI=1S/C15H16N2O3/c1-15(2)13(17-9-16-7-10(17)8-18)11-5-3-4-6-12(11)14(19)20-15/h3-7,9,13,18H,8H2,1-2H3/t13-/m0/s1. The summed E-state index contributed by atoms with van der Waals surface area (Å²) in [4.78, 5) is 16.2. The van der Waals surface area contributed by atoms with Crippen LogP contribution >= 0.6 is 0 Å². The second-order valence-corrected chi connectivity index (χ2v) is 5.43. The molecule has 0 saturated carbocycles. The Morgan fingerprint density at radius 2 is 2.15 bits per heavy atom. The minimum absolute atomic E-state index is 0.108. The molecule has 1 atom stereocenters. The summed E-state index contributed by atoms with van der Waals surface area (Å²) in [6, 6.07) is 7.19. The first-order chi connectivity index (χ1) is 9.54. The van der Waals surface area contributed by atoms with Gasteiger partial charge in [0.1, 0.15) is 5.60 Å². The number of rotatable bonds is 2. The lowest BCUT2D eigenvalue weighted by Crippen LogP contribution is -2.43. The van der Waals surface area contributed by atoms with E-state index in [0.717, 1.165) is 5.56 Å². The van der Waals surface area contributed by atoms with E-state index >= 15 is 0 Å². The number of aromatic nitrogens is 2. The highest BCUT2D eigenvalue weighted by atomic mass is 16.6. The van der Waals surface area contributed by atoms with Gasteiger partial charge in [-0.05, 0) is 25.5 Å². The molecule has 0 saturated heterocycles. The highest BCUT2D eigenvalue weighted by Crippen LogP contribution is 2.40. The first kappa shape index (κ1) is 12.9. The van der Waals surface area contributed by atoms with E-state index in [0.29, 0.717) is 11.3 Å². The Balaban J connectivity index is 2.22. The maximum Gasteiger partial charge on any atom is 0.339 e. The summed E-state index contributed by atoms with van der Waals surface area (Å²) in [5.74, 6) is -0.312. The fourth-order valence-electron chi connectivity index (χ4n) is 2.82. The Kier molecular flexibility index (Phi) is 2.87. The van der Waals surface area contributed by atoms with Crippen molar-refractivity contribution in [3.63, 3.8) is 0 Å². The van der Waals surface area contributed by atoms with Gasteiger partial charge in [-0.25, -0.2) is 9.78 Å². The van der Waals surface area contributed by atoms with Crippen molar-refractivity contribution in [2.45, 2.75) is 32.1 Å². The number of nitrogens with zero attached hydrogens (tertiary/aromatic N) is 2. The van der Waals surface area contributed by atoms with E-state index in [2.05, 4.69) is 4.98 Å². The number of hydrogen-bond acceptors (Lipinski definition) is 4. The molecule has 0 bridgehead atoms. The van der Waals surface area contributed by atoms with Crippen molar-refractivity contribution >= 4 is 5.97 Å². The molecule has 5 nitrogen and oxygen atoms in total. The molecule has 1 aliphatic rings. The number of aliphatic hydroxyl groups excluding tert-OH is 1. The lowest BCUT2D eigenvalue weighted by molar-refractivity contribution is -0.0269. The van der Waals surface area contributed by atoms with Gasteiger partial charge in [-0.3, -0.25) is 0 Å². The third kappa shape index (κ3) is 1.82. The third-order valence-electron chi connectivity index (χ3n) is 3.68. The molecule has 0 amide bonds. The summed E-state index contributed by atoms with van der Waals surface area (Å²) >= 11 is 0. The van der Waals surface area contributed by atoms with Crippen LogP contribution in [0.2, 0.25) is 0 Å². The summed E-state index contributed by atoms with van der Waals surface area (Å²) in [7, 11) is 0. The average Bonchev–Trinajstić information content (AvgIpc) is 2.86. The van der Waals surface area contributed by atoms with Crippen molar-refractivity contribution in [1.29, 1.82) is 0 Å². The van der Waals surface area contributed by atoms with Crippen LogP contribution in [0, 0.1) is 0 Å². The molecule has 20 heavy (non-hydrogen) atoms. The first-order valence-electron chi connectivity index (χ1n) is 6.48. The summed E-state index contributed by atoms with van der Waals surface area (Å²) in [5, 5.41) is 9.44. The van der Waals surface area contributed by atoms with Crippen molar-refractivity contribution in [3.05, 3.63) is 53.6 Å². The van der Waals surface area contributed by atoms with Crippen molar-refractivity contribution in [2.75, 3.05) is 0 Å². The Morgan fingerprint density at radius 1 is 1.40 bits per heavy atom. The molecular weight excluding hydrogens is 256 g/mol. The molecular formula is C15H16N2O3. The van der Waals surface area contributed by atoms with E-state index in [9.17, 15) is 9.90 Å². The van der Waals surface area contributed by atoms with Gasteiger partial charge in [-0.1, -0.05) is 18.2 Å². The minimum Gasteiger partial charge on any atom is -0.453 e. The molecule has 0 radical (unpaired) electrons. The van der Waals surface area contributed by atoms with Crippen LogP contribution < -0.4 is 0 Å². The number of hydrogen-bond donors (Lipinski definition) is 1. The Bertz CT molecular complexity index is 661. The number of fused-ring (bicyclic) bond motifs is 1. The fraction of sp³-hybridized carbons (Fsp3) is 0.333. The number of ether oxygens (including phenoxy) is 1. The monoisotopic (exact) mass is 272 g/mol. The van der Waals surface area contributed by atoms with Gasteiger partial charge < -0.3 is 14.4 Å². The average molecular weight is 272 g/mol. The molecule has 0 aliphatic carbocycles. The third-order valence-corrected chi connectivity index (χ3v) is 3.68. The van der Waals surface area contributed by atoms with Crippen LogP contribution in [0.4, 0.5) is 0 Å². The zero-order valence-corrected chi connectivity index (χ0v) is 11.4. The van der Waals surface area contributed by atoms with E-state index < -0.39 is 5.60 Å². The molecule has 2 heterocycles. The van der Waals surface area contributed by atoms with Crippen LogP contribution in [-0.2, 0) is 11.3 Å². The SMILES string of the molecule is CC1(C)OC(=O)c2ccccc2[C@@H]1n1cncc1CO. The maximum atomic E-state index is 12.1. The van der Waals surface area contributed by atoms with Crippen LogP contribution in [0.5, 0.6) is 0 Å². The second kappa shape index (κ2) is 4.45. The molecule has 0 spiro atoms. The highest BCUT2D eigenvalue weighted by Gasteiger charge is 2.43. The summed E-state index contributed by atoms with van der Waals surface area (Å²) < 4.78 is 7.43. The molecule has 104 valence electrons. The lowest BCUT2D eigenvalue weighted by Gasteiger charge is -2.40. The van der Waals surface area contributed by atoms with Crippen LogP contribution in [0.25, 0.3) is 0 Å². The molecule has 0 unspecified atom stereocenters. The zero-order valence-electron chi connectivity index (χ0n) is 11.4. The topological polar surface area (TPSA) is 64.4 Å². The van der Waals surface area contributed by atoms with Gasteiger partial charge in [0, 0.05) is 0 Å². The van der Waals surface area contributed by atoms with Gasteiger partial charge in [0.25, 0.3) is 0 Å². The summed E-state index contributed by atoms with van der Waals surface area (Å²) in [6.07, 6.45) is 3.28. The van der Waals surface area contributed by atoms with Crippen LogP contribution in [0.3, 0.4) is 0 Å². The first-order valence-corrected chi connectivity index (χ1v) is 6.48. The number of aliphatic hydroxyl groups is 1. The van der Waals surface area contributed by atoms with Crippen LogP contribution in [0.15, 0.2) is 36.8 Å². The highest BCUT2D eigenvalue weighted by molar-refractivity contribution is 5.93. The number of carbonyl (C=O) groups excluding carboxylic acids is 1. The summed E-state index contributed by atoms with van der Waals surface area (Å²) in [6.45, 7) is 3.63. The van der Waals surface area contributed by atoms with E-state index in [-0.39, 0.29) is 18.6 Å². The number of benzene rings is 1. The molecule has 0 fully saturated rings. The van der Waals surface area contributed by atoms with Crippen molar-refractivity contribution in [3.8, 4) is 0 Å². The largest absolute Gasteiger partial charge is 0.453 e. The molecule has 3 rings (SSSR count). The molecule has 1 aliphatic heterocycles. The number of imidazole rings is 1. The minimum atomic E-state index is -0.712. The normalized spacial score (nSPS) is 20.4. The van der Waals surface area contributed by atoms with E-state index in [1.807, 2.05) is 36.6 Å². The van der Waals surface area contributed by atoms with Gasteiger partial charge >= 0.3 is 5.97 Å². The van der Waals surface area contributed by atoms with E-state index in [1.165, 1.54) is 0 Å². The smallest absolute Gasteiger partial charge is 0.339 e. The second-order valence-electron chi connectivity index (χ2n) is 5.43. The lowest BCUT2D eigenvalue weighted by atomic mass is 9.85. The van der Waals surface area contributed by atoms with E-state index in [4.69, 9.17) is 4.74 Å². The molecule has 1 aromatic carbocycles. The van der Waals surface area contributed by atoms with Crippen LogP contribution in [0.1, 0.15) is 41.5 Å². The van der Waals surface area contributed by atoms with Gasteiger partial charge in [0.05, 0.1) is 36.4 Å². The van der Waals surface area contributed by atoms with Crippen molar-refractivity contribution < 1.29 is 14.6 Å². The molecule has 1 aromatic heterocycles. The van der Waals surface area contributed by atoms with Gasteiger partial charge in [0.15, 0.2) is 0 Å². The fourth-order valence-corrected chi connectivity index (χ4v) is 2.82. The van der Waals surface area contributed by atoms with Crippen molar-refractivity contribution in [1.82, 2.24) is 9.55 Å². The Labute approximate surface area is 116 Å². The quantitative estimate of drug-likeness (QED) is 0.848. The van der Waals surface area contributed by atoms with Crippen LogP contribution in [-0.4, -0.2) is 26.2 Å². The number of carbonyl (C=O) groups is 1. The summed E-state index contributed by atoms with van der Waals surface area (Å²) in [5.41, 5.74) is 1.43. The van der Waals surface area contributed by atoms with Gasteiger partial charge in [-0.2, -0.15) is 0 Å². The molecule has 1 N–H and O–H groups in total. The Morgan fingerprint density at radius 3 is 2.90 bits per heavy atom.